The van der Waals surface area contributed by atoms with Crippen molar-refractivity contribution in [2.24, 2.45) is 0 Å². The van der Waals surface area contributed by atoms with Crippen LogP contribution in [0.25, 0.3) is 0 Å². The predicted octanol–water partition coefficient (Wildman–Crippen LogP) is 2.56. The molecule has 1 atom stereocenters. The van der Waals surface area contributed by atoms with Crippen LogP contribution in [-0.2, 0) is 4.79 Å². The fraction of sp³-hybridized carbons (Fsp3) is 0.273. The molecule has 1 aromatic carbocycles. The molecule has 0 amide bonds. The van der Waals surface area contributed by atoms with E-state index in [2.05, 4.69) is 0 Å². The Kier molecular flexibility index (Phi) is 3.48. The lowest BCUT2D eigenvalue weighted by Gasteiger charge is -2.10. The fourth-order valence-electron chi connectivity index (χ4n) is 1.31. The molecule has 0 bridgehead atoms. The van der Waals surface area contributed by atoms with Crippen LogP contribution in [0.3, 0.4) is 0 Å². The van der Waals surface area contributed by atoms with E-state index >= 15 is 0 Å². The standard InChI is InChI=1S/C11H11ClO3/c1-6-3-4-8(11(14)15)9(5-6)10(12)7(2)13/h3-5,10H,1-2H3,(H,14,15). The van der Waals surface area contributed by atoms with Crippen LogP contribution >= 0.6 is 11.6 Å². The van der Waals surface area contributed by atoms with Crippen molar-refractivity contribution in [2.45, 2.75) is 19.2 Å². The lowest BCUT2D eigenvalue weighted by Crippen LogP contribution is -2.09. The molecule has 0 radical (unpaired) electrons. The third-order valence-corrected chi connectivity index (χ3v) is 2.61. The molecule has 0 fully saturated rings. The van der Waals surface area contributed by atoms with Crippen LogP contribution in [0, 0.1) is 6.92 Å². The molecule has 3 nitrogen and oxygen atoms in total. The first-order chi connectivity index (χ1) is 6.93. The molecule has 1 unspecified atom stereocenters. The highest BCUT2D eigenvalue weighted by Crippen LogP contribution is 2.26. The van der Waals surface area contributed by atoms with Crippen molar-refractivity contribution >= 4 is 23.4 Å². The third kappa shape index (κ3) is 2.57. The number of carbonyl (C=O) groups excluding carboxylic acids is 1. The normalized spacial score (nSPS) is 12.2. The summed E-state index contributed by atoms with van der Waals surface area (Å²) in [4.78, 5) is 22.0. The van der Waals surface area contributed by atoms with E-state index in [9.17, 15) is 9.59 Å². The Bertz CT molecular complexity index is 412. The number of rotatable bonds is 3. The molecular formula is C11H11ClO3. The molecule has 0 aliphatic heterocycles. The van der Waals surface area contributed by atoms with E-state index in [-0.39, 0.29) is 11.3 Å². The van der Waals surface area contributed by atoms with Crippen LogP contribution in [0.5, 0.6) is 0 Å². The topological polar surface area (TPSA) is 54.4 Å². The lowest BCUT2D eigenvalue weighted by atomic mass is 10.00. The number of alkyl halides is 1. The quantitative estimate of drug-likeness (QED) is 0.806. The van der Waals surface area contributed by atoms with Crippen LogP contribution in [0.2, 0.25) is 0 Å². The zero-order valence-corrected chi connectivity index (χ0v) is 9.21. The van der Waals surface area contributed by atoms with Gasteiger partial charge in [0, 0.05) is 0 Å². The smallest absolute Gasteiger partial charge is 0.336 e. The molecule has 0 aliphatic rings. The summed E-state index contributed by atoms with van der Waals surface area (Å²) in [7, 11) is 0. The van der Waals surface area contributed by atoms with Crippen molar-refractivity contribution < 1.29 is 14.7 Å². The number of benzene rings is 1. The van der Waals surface area contributed by atoms with Crippen molar-refractivity contribution in [1.82, 2.24) is 0 Å². The second-order valence-electron chi connectivity index (χ2n) is 3.37. The van der Waals surface area contributed by atoms with Gasteiger partial charge < -0.3 is 5.11 Å². The monoisotopic (exact) mass is 226 g/mol. The first-order valence-corrected chi connectivity index (χ1v) is 4.85. The highest BCUT2D eigenvalue weighted by Gasteiger charge is 2.20. The van der Waals surface area contributed by atoms with Gasteiger partial charge >= 0.3 is 5.97 Å². The minimum absolute atomic E-state index is 0.0794. The Balaban J connectivity index is 3.30. The summed E-state index contributed by atoms with van der Waals surface area (Å²) in [5, 5.41) is 8.02. The van der Waals surface area contributed by atoms with Crippen LogP contribution in [-0.4, -0.2) is 16.9 Å². The van der Waals surface area contributed by atoms with Crippen LogP contribution in [0.1, 0.15) is 33.8 Å². The van der Waals surface area contributed by atoms with Crippen molar-refractivity contribution in [2.75, 3.05) is 0 Å². The van der Waals surface area contributed by atoms with Gasteiger partial charge in [-0.2, -0.15) is 0 Å². The predicted molar refractivity (Wildman–Crippen MR) is 57.4 cm³/mol. The number of carboxylic acid groups (broad SMARTS) is 1. The van der Waals surface area contributed by atoms with Gasteiger partial charge in [0.05, 0.1) is 5.56 Å². The van der Waals surface area contributed by atoms with Crippen molar-refractivity contribution in [1.29, 1.82) is 0 Å². The third-order valence-electron chi connectivity index (χ3n) is 2.07. The summed E-state index contributed by atoms with van der Waals surface area (Å²) in [6.07, 6.45) is 0. The van der Waals surface area contributed by atoms with Gasteiger partial charge in [-0.3, -0.25) is 4.79 Å². The number of hydrogen-bond acceptors (Lipinski definition) is 2. The van der Waals surface area contributed by atoms with E-state index < -0.39 is 11.3 Å². The van der Waals surface area contributed by atoms with E-state index in [4.69, 9.17) is 16.7 Å². The SMILES string of the molecule is CC(=O)C(Cl)c1cc(C)ccc1C(=O)O. The van der Waals surface area contributed by atoms with Gasteiger partial charge in [-0.05, 0) is 25.5 Å². The highest BCUT2D eigenvalue weighted by atomic mass is 35.5. The van der Waals surface area contributed by atoms with Gasteiger partial charge in [-0.1, -0.05) is 17.7 Å². The maximum atomic E-state index is 11.1. The second-order valence-corrected chi connectivity index (χ2v) is 3.81. The van der Waals surface area contributed by atoms with E-state index in [1.54, 1.807) is 12.1 Å². The molecule has 0 heterocycles. The van der Waals surface area contributed by atoms with Gasteiger partial charge in [-0.15, -0.1) is 11.6 Å². The molecule has 4 heteroatoms. The fourth-order valence-corrected chi connectivity index (χ4v) is 1.49. The van der Waals surface area contributed by atoms with E-state index in [0.29, 0.717) is 5.56 Å². The first kappa shape index (κ1) is 11.7. The number of hydrogen-bond donors (Lipinski definition) is 1. The van der Waals surface area contributed by atoms with Crippen LogP contribution < -0.4 is 0 Å². The summed E-state index contributed by atoms with van der Waals surface area (Å²) < 4.78 is 0. The van der Waals surface area contributed by atoms with Crippen LogP contribution in [0.15, 0.2) is 18.2 Å². The molecule has 0 saturated heterocycles. The average molecular weight is 227 g/mol. The number of ketones is 1. The summed E-state index contributed by atoms with van der Waals surface area (Å²) in [5.74, 6) is -1.33. The van der Waals surface area contributed by atoms with Crippen molar-refractivity contribution in [3.63, 3.8) is 0 Å². The first-order valence-electron chi connectivity index (χ1n) is 4.42. The maximum absolute atomic E-state index is 11.1. The molecular weight excluding hydrogens is 216 g/mol. The van der Waals surface area contributed by atoms with Crippen molar-refractivity contribution in [3.05, 3.63) is 34.9 Å². The summed E-state index contributed by atoms with van der Waals surface area (Å²) in [5.41, 5.74) is 1.31. The number of carboxylic acids is 1. The molecule has 15 heavy (non-hydrogen) atoms. The van der Waals surface area contributed by atoms with Gasteiger partial charge in [0.15, 0.2) is 5.78 Å². The molecule has 0 aliphatic carbocycles. The number of halogens is 1. The molecule has 1 N–H and O–H groups in total. The Morgan fingerprint density at radius 3 is 2.47 bits per heavy atom. The number of aryl methyl sites for hydroxylation is 1. The number of carbonyl (C=O) groups is 2. The Labute approximate surface area is 92.7 Å². The van der Waals surface area contributed by atoms with E-state index in [1.165, 1.54) is 13.0 Å². The molecule has 0 spiro atoms. The Morgan fingerprint density at radius 2 is 2.00 bits per heavy atom. The van der Waals surface area contributed by atoms with Gasteiger partial charge in [0.2, 0.25) is 0 Å². The zero-order valence-electron chi connectivity index (χ0n) is 8.45. The van der Waals surface area contributed by atoms with Gasteiger partial charge in [-0.25, -0.2) is 4.79 Å². The summed E-state index contributed by atoms with van der Waals surface area (Å²) >= 11 is 5.85. The lowest BCUT2D eigenvalue weighted by molar-refractivity contribution is -0.116. The molecule has 0 aromatic heterocycles. The van der Waals surface area contributed by atoms with Gasteiger partial charge in [0.25, 0.3) is 0 Å². The van der Waals surface area contributed by atoms with Gasteiger partial charge in [0.1, 0.15) is 5.38 Å². The maximum Gasteiger partial charge on any atom is 0.336 e. The zero-order chi connectivity index (χ0) is 11.6. The molecule has 1 rings (SSSR count). The number of Topliss-reactive ketones (excluding diaryl/α,β-unsaturated/α-hetero) is 1. The second kappa shape index (κ2) is 4.45. The summed E-state index contributed by atoms with van der Waals surface area (Å²) in [6, 6.07) is 4.77. The number of aromatic carboxylic acids is 1. The summed E-state index contributed by atoms with van der Waals surface area (Å²) in [6.45, 7) is 3.16. The average Bonchev–Trinajstić information content (AvgIpc) is 2.15. The Morgan fingerprint density at radius 1 is 1.40 bits per heavy atom. The van der Waals surface area contributed by atoms with Crippen LogP contribution in [0.4, 0.5) is 0 Å². The molecule has 0 saturated carbocycles. The highest BCUT2D eigenvalue weighted by molar-refractivity contribution is 6.31. The minimum atomic E-state index is -1.07. The molecule has 1 aromatic rings. The minimum Gasteiger partial charge on any atom is -0.478 e. The largest absolute Gasteiger partial charge is 0.478 e. The van der Waals surface area contributed by atoms with E-state index in [1.807, 2.05) is 6.92 Å². The molecule has 80 valence electrons. The van der Waals surface area contributed by atoms with Crippen molar-refractivity contribution in [3.8, 4) is 0 Å². The Hall–Kier alpha value is -1.35. The van der Waals surface area contributed by atoms with E-state index in [0.717, 1.165) is 5.56 Å².